The van der Waals surface area contributed by atoms with Gasteiger partial charge in [-0.05, 0) is 24.3 Å². The summed E-state index contributed by atoms with van der Waals surface area (Å²) in [5.41, 5.74) is -0.195. The van der Waals surface area contributed by atoms with Crippen LogP contribution in [0.15, 0.2) is 29.2 Å². The molecule has 0 aromatic heterocycles. The minimum absolute atomic E-state index is 0. The highest BCUT2D eigenvalue weighted by Crippen LogP contribution is 3.02. The lowest BCUT2D eigenvalue weighted by molar-refractivity contribution is -0.134. The molecule has 13 heteroatoms. The van der Waals surface area contributed by atoms with E-state index in [1.165, 1.54) is 5.48 Å². The molecule has 1 heterocycles. The molecule has 1 unspecified atom stereocenters. The Hall–Kier alpha value is -1.63. The van der Waals surface area contributed by atoms with Crippen molar-refractivity contribution in [3.8, 4) is 12.3 Å². The second-order valence-electron chi connectivity index (χ2n) is 5.78. The van der Waals surface area contributed by atoms with Gasteiger partial charge in [-0.1, -0.05) is 25.3 Å². The van der Waals surface area contributed by atoms with Crippen molar-refractivity contribution in [3.05, 3.63) is 29.8 Å². The van der Waals surface area contributed by atoms with Gasteiger partial charge in [0.1, 0.15) is 10.9 Å². The molecule has 0 bridgehead atoms. The van der Waals surface area contributed by atoms with Gasteiger partial charge in [-0.3, -0.25) is 14.8 Å². The molecule has 1 aliphatic rings. The normalized spacial score (nSPS) is 19.0. The molecule has 0 aliphatic carbocycles. The largest absolute Gasteiger partial charge is 0.339 e. The van der Waals surface area contributed by atoms with Gasteiger partial charge >= 0.3 is 10.2 Å². The molecule has 2 amide bonds. The van der Waals surface area contributed by atoms with Crippen LogP contribution in [0.5, 0.6) is 0 Å². The van der Waals surface area contributed by atoms with E-state index in [9.17, 15) is 29.0 Å². The molecule has 1 fully saturated rings. The summed E-state index contributed by atoms with van der Waals surface area (Å²) in [7, 11) is -9.85. The number of benzene rings is 1. The first kappa shape index (κ1) is 23.4. The predicted molar refractivity (Wildman–Crippen MR) is 98.6 cm³/mol. The molecular formula is C14H15F5IN3O3S. The van der Waals surface area contributed by atoms with Crippen molar-refractivity contribution in [3.63, 3.8) is 0 Å². The average Bonchev–Trinajstić information content (AvgIpc) is 2.50. The highest BCUT2D eigenvalue weighted by Gasteiger charge is 2.65. The quantitative estimate of drug-likeness (QED) is 0.156. The summed E-state index contributed by atoms with van der Waals surface area (Å²) in [6, 6.07) is -0.115. The number of hydrogen-bond donors (Lipinski definition) is 4. The number of carbonyl (C=O) groups excluding carboxylic acids is 2. The zero-order chi connectivity index (χ0) is 19.9. The summed E-state index contributed by atoms with van der Waals surface area (Å²) in [4.78, 5) is 21.8. The van der Waals surface area contributed by atoms with Crippen LogP contribution in [-0.4, -0.2) is 36.2 Å². The Bertz CT molecular complexity index is 791. The van der Waals surface area contributed by atoms with Crippen molar-refractivity contribution < 1.29 is 34.2 Å². The summed E-state index contributed by atoms with van der Waals surface area (Å²) in [6.07, 6.45) is 5.37. The van der Waals surface area contributed by atoms with Crippen LogP contribution in [0, 0.1) is 17.8 Å². The summed E-state index contributed by atoms with van der Waals surface area (Å²) >= 11 is 0. The minimum atomic E-state index is -9.85. The smallest absolute Gasteiger partial charge is 0.310 e. The number of hydroxylamine groups is 1. The Labute approximate surface area is 168 Å². The predicted octanol–water partition coefficient (Wildman–Crippen LogP) is 2.79. The highest BCUT2D eigenvalue weighted by molar-refractivity contribution is 14.0. The number of rotatable bonds is 5. The van der Waals surface area contributed by atoms with Crippen molar-refractivity contribution >= 4 is 46.0 Å². The fourth-order valence-corrected chi connectivity index (χ4v) is 3.03. The van der Waals surface area contributed by atoms with E-state index in [4.69, 9.17) is 11.6 Å². The molecule has 1 atom stereocenters. The lowest BCUT2D eigenvalue weighted by Crippen LogP contribution is -2.67. The molecule has 0 saturated carbocycles. The second kappa shape index (κ2) is 6.76. The molecule has 4 N–H and O–H groups in total. The molecule has 1 saturated heterocycles. The van der Waals surface area contributed by atoms with Crippen LogP contribution in [0.3, 0.4) is 0 Å². The molecule has 152 valence electrons. The summed E-state index contributed by atoms with van der Waals surface area (Å²) in [5.74, 6) is 0.288. The van der Waals surface area contributed by atoms with E-state index in [-0.39, 0.29) is 49.2 Å². The van der Waals surface area contributed by atoms with Gasteiger partial charge in [0.25, 0.3) is 11.8 Å². The van der Waals surface area contributed by atoms with E-state index in [1.54, 1.807) is 0 Å². The first-order valence-corrected chi connectivity index (χ1v) is 8.95. The maximum atomic E-state index is 12.7. The van der Waals surface area contributed by atoms with Gasteiger partial charge in [0, 0.05) is 18.7 Å². The van der Waals surface area contributed by atoms with Gasteiger partial charge < -0.3 is 10.6 Å². The summed E-state index contributed by atoms with van der Waals surface area (Å²) in [6.45, 7) is 0.288. The van der Waals surface area contributed by atoms with E-state index >= 15 is 0 Å². The maximum absolute atomic E-state index is 12.7. The Morgan fingerprint density at radius 3 is 2.04 bits per heavy atom. The van der Waals surface area contributed by atoms with Crippen molar-refractivity contribution in [1.29, 1.82) is 0 Å². The Morgan fingerprint density at radius 1 is 1.19 bits per heavy atom. The SMILES string of the molecule is C#CC1(C(NC(=O)c2ccc(S(F)(F)(F)(F)F)cc2)C(=O)NO)CNC1.I. The molecule has 1 aromatic carbocycles. The molecular weight excluding hydrogens is 512 g/mol. The van der Waals surface area contributed by atoms with E-state index in [2.05, 4.69) is 16.6 Å². The number of hydrogen-bond acceptors (Lipinski definition) is 4. The molecule has 6 nitrogen and oxygen atoms in total. The fraction of sp³-hybridized carbons (Fsp3) is 0.286. The molecule has 1 aromatic rings. The zero-order valence-corrected chi connectivity index (χ0v) is 16.5. The van der Waals surface area contributed by atoms with Crippen molar-refractivity contribution in [2.75, 3.05) is 13.1 Å². The number of nitrogens with one attached hydrogen (secondary N) is 3. The Balaban J connectivity index is 0.00000364. The molecule has 2 rings (SSSR count). The maximum Gasteiger partial charge on any atom is 0.310 e. The van der Waals surface area contributed by atoms with Crippen LogP contribution in [0.2, 0.25) is 0 Å². The second-order valence-corrected chi connectivity index (χ2v) is 8.19. The van der Waals surface area contributed by atoms with Crippen LogP contribution < -0.4 is 16.1 Å². The number of carbonyl (C=O) groups is 2. The third kappa shape index (κ3) is 5.00. The molecule has 0 radical (unpaired) electrons. The van der Waals surface area contributed by atoms with Crippen molar-refractivity contribution in [1.82, 2.24) is 16.1 Å². The third-order valence-electron chi connectivity index (χ3n) is 3.93. The minimum Gasteiger partial charge on any atom is -0.339 e. The molecule has 27 heavy (non-hydrogen) atoms. The van der Waals surface area contributed by atoms with Crippen LogP contribution in [-0.2, 0) is 4.79 Å². The van der Waals surface area contributed by atoms with Crippen LogP contribution in [0.4, 0.5) is 19.4 Å². The summed E-state index contributed by atoms with van der Waals surface area (Å²) in [5, 5.41) is 13.8. The first-order valence-electron chi connectivity index (χ1n) is 7.00. The van der Waals surface area contributed by atoms with Gasteiger partial charge in [0.05, 0.1) is 5.41 Å². The van der Waals surface area contributed by atoms with Gasteiger partial charge in [-0.2, -0.15) is 0 Å². The number of terminal acetylenes is 1. The van der Waals surface area contributed by atoms with Crippen LogP contribution in [0.1, 0.15) is 10.4 Å². The monoisotopic (exact) mass is 527 g/mol. The lowest BCUT2D eigenvalue weighted by atomic mass is 9.75. The van der Waals surface area contributed by atoms with E-state index in [0.717, 1.165) is 0 Å². The lowest BCUT2D eigenvalue weighted by Gasteiger charge is -2.43. The first-order chi connectivity index (χ1) is 11.7. The molecule has 1 aliphatic heterocycles. The fourth-order valence-electron chi connectivity index (χ4n) is 2.38. The van der Waals surface area contributed by atoms with E-state index in [1.807, 2.05) is 0 Å². The van der Waals surface area contributed by atoms with Gasteiger partial charge in [0.15, 0.2) is 0 Å². The summed E-state index contributed by atoms with van der Waals surface area (Å²) < 4.78 is 63.4. The van der Waals surface area contributed by atoms with Gasteiger partial charge in [-0.25, -0.2) is 5.48 Å². The third-order valence-corrected chi connectivity index (χ3v) is 5.09. The zero-order valence-electron chi connectivity index (χ0n) is 13.3. The van der Waals surface area contributed by atoms with E-state index < -0.39 is 44.0 Å². The highest BCUT2D eigenvalue weighted by atomic mass is 127. The average molecular weight is 527 g/mol. The van der Waals surface area contributed by atoms with Crippen molar-refractivity contribution in [2.24, 2.45) is 5.41 Å². The Kier molecular flexibility index (Phi) is 5.86. The topological polar surface area (TPSA) is 90.5 Å². The van der Waals surface area contributed by atoms with E-state index in [0.29, 0.717) is 12.1 Å². The number of halogens is 6. The Morgan fingerprint density at radius 2 is 1.70 bits per heavy atom. The number of amides is 2. The van der Waals surface area contributed by atoms with Gasteiger partial charge in [-0.15, -0.1) is 30.4 Å². The van der Waals surface area contributed by atoms with Crippen LogP contribution >= 0.6 is 34.2 Å². The van der Waals surface area contributed by atoms with Crippen molar-refractivity contribution in [2.45, 2.75) is 10.9 Å². The van der Waals surface area contributed by atoms with Crippen LogP contribution in [0.25, 0.3) is 0 Å². The standard InChI is InChI=1S/C14H14F5N3O3S.HI/c1-2-14(7-20-8-14)11(13(24)22-25)21-12(23)9-3-5-10(6-4-9)26(15,16,17,18)19;/h1,3-6,11,20,25H,7-8H2,(H,21,23)(H,22,24);1H. The molecule has 0 spiro atoms. The van der Waals surface area contributed by atoms with Gasteiger partial charge in [0.2, 0.25) is 0 Å².